The van der Waals surface area contributed by atoms with Gasteiger partial charge in [0.15, 0.2) is 18.4 Å². The van der Waals surface area contributed by atoms with Crippen molar-refractivity contribution in [3.05, 3.63) is 108 Å². The zero-order chi connectivity index (χ0) is 28.8. The first-order chi connectivity index (χ1) is 19.9. The second-order valence-corrected chi connectivity index (χ2v) is 9.30. The maximum Gasteiger partial charge on any atom is 0.338 e. The minimum atomic E-state index is -1.39. The van der Waals surface area contributed by atoms with Gasteiger partial charge >= 0.3 is 17.9 Å². The number of hydrogen-bond donors (Lipinski definition) is 1. The van der Waals surface area contributed by atoms with E-state index in [-0.39, 0.29) is 29.5 Å². The summed E-state index contributed by atoms with van der Waals surface area (Å²) in [7, 11) is 0. The van der Waals surface area contributed by atoms with E-state index in [4.69, 9.17) is 18.9 Å². The molecule has 2 fully saturated rings. The lowest BCUT2D eigenvalue weighted by molar-refractivity contribution is -0.172. The predicted molar refractivity (Wildman–Crippen MR) is 141 cm³/mol. The Labute approximate surface area is 234 Å². The van der Waals surface area contributed by atoms with E-state index in [1.807, 2.05) is 0 Å². The molecule has 0 saturated carbocycles. The Morgan fingerprint density at radius 3 is 1.73 bits per heavy atom. The molecule has 3 aromatic carbocycles. The fourth-order valence-electron chi connectivity index (χ4n) is 4.46. The lowest BCUT2D eigenvalue weighted by atomic mass is 10.1. The number of carbonyl (C=O) groups excluding carboxylic acids is 5. The van der Waals surface area contributed by atoms with Crippen LogP contribution in [0.25, 0.3) is 0 Å². The summed E-state index contributed by atoms with van der Waals surface area (Å²) in [5.74, 6) is -3.13. The second kappa shape index (κ2) is 12.4. The van der Waals surface area contributed by atoms with E-state index >= 15 is 0 Å². The standard InChI is InChI=1S/C30H26N2O9/c33-23-16-17-24(34)32(31-23)27-26(41-30(37)21-14-8-3-9-15-21)25(40-29(36)20-12-6-2-7-13-20)22(39-27)18-38-28(35)19-10-4-1-5-11-19/h1-15,22,25-27H,16-18H2,(H,31,33). The van der Waals surface area contributed by atoms with Crippen molar-refractivity contribution in [3.8, 4) is 0 Å². The highest BCUT2D eigenvalue weighted by Gasteiger charge is 2.54. The maximum atomic E-state index is 13.1. The van der Waals surface area contributed by atoms with Crippen molar-refractivity contribution in [2.75, 3.05) is 6.61 Å². The highest BCUT2D eigenvalue weighted by molar-refractivity contribution is 5.91. The van der Waals surface area contributed by atoms with Crippen LogP contribution in [0.5, 0.6) is 0 Å². The molecule has 2 saturated heterocycles. The van der Waals surface area contributed by atoms with Crippen LogP contribution in [-0.2, 0) is 28.5 Å². The van der Waals surface area contributed by atoms with Gasteiger partial charge in [0.05, 0.1) is 16.7 Å². The normalized spacial score (nSPS) is 22.0. The first kappa shape index (κ1) is 27.5. The van der Waals surface area contributed by atoms with Gasteiger partial charge in [0, 0.05) is 12.8 Å². The highest BCUT2D eigenvalue weighted by Crippen LogP contribution is 2.32. The minimum absolute atomic E-state index is 0.0267. The third kappa shape index (κ3) is 6.42. The average molecular weight is 559 g/mol. The van der Waals surface area contributed by atoms with Crippen molar-refractivity contribution in [1.29, 1.82) is 0 Å². The van der Waals surface area contributed by atoms with E-state index in [1.165, 1.54) is 12.1 Å². The zero-order valence-corrected chi connectivity index (χ0v) is 21.7. The van der Waals surface area contributed by atoms with Gasteiger partial charge < -0.3 is 18.9 Å². The summed E-state index contributed by atoms with van der Waals surface area (Å²) in [5.41, 5.74) is 3.15. The van der Waals surface area contributed by atoms with Crippen molar-refractivity contribution in [3.63, 3.8) is 0 Å². The summed E-state index contributed by atoms with van der Waals surface area (Å²) >= 11 is 0. The fourth-order valence-corrected chi connectivity index (χ4v) is 4.46. The molecule has 0 aliphatic carbocycles. The Bertz CT molecular complexity index is 1420. The Morgan fingerprint density at radius 1 is 0.707 bits per heavy atom. The fraction of sp³-hybridized carbons (Fsp3) is 0.233. The molecule has 210 valence electrons. The monoisotopic (exact) mass is 558 g/mol. The molecule has 4 atom stereocenters. The molecule has 11 heteroatoms. The molecule has 1 N–H and O–H groups in total. The summed E-state index contributed by atoms with van der Waals surface area (Å²) in [4.78, 5) is 64.0. The summed E-state index contributed by atoms with van der Waals surface area (Å²) in [6.45, 7) is -0.410. The SMILES string of the molecule is O=C1CCC(=O)N(C2OC(COC(=O)c3ccccc3)C(OC(=O)c3ccccc3)C2OC(=O)c2ccccc2)N1. The average Bonchev–Trinajstić information content (AvgIpc) is 3.34. The number of esters is 3. The number of benzene rings is 3. The summed E-state index contributed by atoms with van der Waals surface area (Å²) in [6.07, 6.45) is -5.39. The number of hydrazine groups is 1. The van der Waals surface area contributed by atoms with Crippen LogP contribution in [0.1, 0.15) is 43.9 Å². The molecular formula is C30H26N2O9. The van der Waals surface area contributed by atoms with Gasteiger partial charge in [-0.2, -0.15) is 0 Å². The smallest absolute Gasteiger partial charge is 0.338 e. The third-order valence-corrected chi connectivity index (χ3v) is 6.51. The molecule has 4 unspecified atom stereocenters. The molecule has 0 aromatic heterocycles. The number of nitrogens with one attached hydrogen (secondary N) is 1. The van der Waals surface area contributed by atoms with Crippen molar-refractivity contribution in [1.82, 2.24) is 10.4 Å². The lowest BCUT2D eigenvalue weighted by Crippen LogP contribution is -2.59. The van der Waals surface area contributed by atoms with Crippen LogP contribution in [-0.4, -0.2) is 65.9 Å². The summed E-state index contributed by atoms with van der Waals surface area (Å²) in [5, 5.41) is 0.928. The molecule has 41 heavy (non-hydrogen) atoms. The Morgan fingerprint density at radius 2 is 1.20 bits per heavy atom. The lowest BCUT2D eigenvalue weighted by Gasteiger charge is -2.34. The molecule has 0 radical (unpaired) electrons. The van der Waals surface area contributed by atoms with Crippen LogP contribution in [0.3, 0.4) is 0 Å². The first-order valence-electron chi connectivity index (χ1n) is 12.9. The maximum absolute atomic E-state index is 13.1. The molecule has 2 amide bonds. The molecular weight excluding hydrogens is 532 g/mol. The molecule has 3 aromatic rings. The van der Waals surface area contributed by atoms with Crippen molar-refractivity contribution in [2.24, 2.45) is 0 Å². The highest BCUT2D eigenvalue weighted by atomic mass is 16.7. The van der Waals surface area contributed by atoms with Crippen LogP contribution in [0.2, 0.25) is 0 Å². The number of carbonyl (C=O) groups is 5. The van der Waals surface area contributed by atoms with E-state index in [1.54, 1.807) is 78.9 Å². The van der Waals surface area contributed by atoms with Crippen molar-refractivity contribution in [2.45, 2.75) is 37.4 Å². The second-order valence-electron chi connectivity index (χ2n) is 9.30. The number of nitrogens with zero attached hydrogens (tertiary/aromatic N) is 1. The zero-order valence-electron chi connectivity index (χ0n) is 21.7. The molecule has 2 aliphatic rings. The van der Waals surface area contributed by atoms with Crippen LogP contribution in [0, 0.1) is 0 Å². The Kier molecular flexibility index (Phi) is 8.35. The van der Waals surface area contributed by atoms with Crippen LogP contribution < -0.4 is 5.43 Å². The molecule has 2 aliphatic heterocycles. The largest absolute Gasteiger partial charge is 0.459 e. The number of hydrogen-bond acceptors (Lipinski definition) is 9. The third-order valence-electron chi connectivity index (χ3n) is 6.51. The van der Waals surface area contributed by atoms with Gasteiger partial charge in [-0.25, -0.2) is 19.4 Å². The van der Waals surface area contributed by atoms with E-state index in [0.717, 1.165) is 5.01 Å². The van der Waals surface area contributed by atoms with E-state index in [2.05, 4.69) is 5.43 Å². The topological polar surface area (TPSA) is 138 Å². The quantitative estimate of drug-likeness (QED) is 0.327. The van der Waals surface area contributed by atoms with E-state index < -0.39 is 60.9 Å². The molecule has 2 heterocycles. The predicted octanol–water partition coefficient (Wildman–Crippen LogP) is 2.67. The van der Waals surface area contributed by atoms with Crippen LogP contribution in [0.4, 0.5) is 0 Å². The Hall–Kier alpha value is -5.03. The summed E-state index contributed by atoms with van der Waals surface area (Å²) in [6, 6.07) is 24.4. The van der Waals surface area contributed by atoms with Crippen LogP contribution >= 0.6 is 0 Å². The van der Waals surface area contributed by atoms with Gasteiger partial charge in [0.25, 0.3) is 0 Å². The molecule has 0 spiro atoms. The first-order valence-corrected chi connectivity index (χ1v) is 12.9. The summed E-state index contributed by atoms with van der Waals surface area (Å²) < 4.78 is 23.1. The van der Waals surface area contributed by atoms with Gasteiger partial charge in [0.2, 0.25) is 11.8 Å². The van der Waals surface area contributed by atoms with Crippen molar-refractivity contribution < 1.29 is 42.9 Å². The van der Waals surface area contributed by atoms with Gasteiger partial charge in [-0.3, -0.25) is 15.0 Å². The van der Waals surface area contributed by atoms with Gasteiger partial charge in [-0.15, -0.1) is 0 Å². The van der Waals surface area contributed by atoms with Crippen LogP contribution in [0.15, 0.2) is 91.0 Å². The number of amides is 2. The number of rotatable bonds is 8. The Balaban J connectivity index is 1.46. The van der Waals surface area contributed by atoms with E-state index in [9.17, 15) is 24.0 Å². The van der Waals surface area contributed by atoms with E-state index in [0.29, 0.717) is 0 Å². The molecule has 0 bridgehead atoms. The van der Waals surface area contributed by atoms with Gasteiger partial charge in [-0.05, 0) is 36.4 Å². The molecule has 11 nitrogen and oxygen atoms in total. The molecule has 5 rings (SSSR count). The van der Waals surface area contributed by atoms with Crippen molar-refractivity contribution >= 4 is 29.7 Å². The minimum Gasteiger partial charge on any atom is -0.459 e. The number of ether oxygens (including phenoxy) is 4. The van der Waals surface area contributed by atoms with Gasteiger partial charge in [-0.1, -0.05) is 54.6 Å². The van der Waals surface area contributed by atoms with Gasteiger partial charge in [0.1, 0.15) is 12.7 Å².